The Bertz CT molecular complexity index is 149. The summed E-state index contributed by atoms with van der Waals surface area (Å²) in [5.41, 5.74) is 5.09. The van der Waals surface area contributed by atoms with Crippen molar-refractivity contribution < 1.29 is 9.59 Å². The van der Waals surface area contributed by atoms with Gasteiger partial charge in [-0.25, -0.2) is 0 Å². The zero-order valence-corrected chi connectivity index (χ0v) is 7.31. The minimum atomic E-state index is -0.435. The largest absolute Gasteiger partial charge is 0.366 e. The van der Waals surface area contributed by atoms with Crippen molar-refractivity contribution in [1.82, 2.24) is 0 Å². The first-order valence-electron chi connectivity index (χ1n) is 3.36. The third kappa shape index (κ3) is 17.7. The lowest BCUT2D eigenvalue weighted by atomic mass is 10.3. The average molecular weight is 157 g/mol. The highest BCUT2D eigenvalue weighted by atomic mass is 16.1. The summed E-state index contributed by atoms with van der Waals surface area (Å²) in [7, 11) is 0. The van der Waals surface area contributed by atoms with Gasteiger partial charge in [-0.15, -0.1) is 0 Å². The van der Waals surface area contributed by atoms with E-state index >= 15 is 0 Å². The van der Waals surface area contributed by atoms with Gasteiger partial charge < -0.3 is 10.5 Å². The van der Waals surface area contributed by atoms with Crippen molar-refractivity contribution in [3.8, 4) is 0 Å². The summed E-state index contributed by atoms with van der Waals surface area (Å²) >= 11 is 0. The predicted molar refractivity (Wildman–Crippen MR) is 45.0 cm³/mol. The maximum atomic E-state index is 9.82. The predicted octanol–water partition coefficient (Wildman–Crippen LogP) is 1.03. The third-order valence-electron chi connectivity index (χ3n) is 0.919. The number of amides is 1. The van der Waals surface area contributed by atoms with Crippen LogP contribution in [0.25, 0.3) is 0 Å². The molecule has 11 heavy (non-hydrogen) atoms. The molecule has 3 heteroatoms. The average Bonchev–Trinajstić information content (AvgIpc) is 1.89. The zero-order valence-electron chi connectivity index (χ0n) is 7.31. The van der Waals surface area contributed by atoms with Crippen molar-refractivity contribution in [1.29, 1.82) is 0 Å². The molecule has 0 atom stereocenters. The van der Waals surface area contributed by atoms with E-state index in [2.05, 4.69) is 6.58 Å². The normalized spacial score (nSPS) is 7.55. The molecule has 0 bridgehead atoms. The van der Waals surface area contributed by atoms with E-state index < -0.39 is 5.91 Å². The van der Waals surface area contributed by atoms with Crippen molar-refractivity contribution in [2.24, 2.45) is 5.73 Å². The van der Waals surface area contributed by atoms with E-state index in [1.807, 2.05) is 6.92 Å². The Hall–Kier alpha value is -1.12. The Morgan fingerprint density at radius 3 is 1.55 bits per heavy atom. The van der Waals surface area contributed by atoms with Crippen molar-refractivity contribution in [2.75, 3.05) is 0 Å². The van der Waals surface area contributed by atoms with Gasteiger partial charge in [0.25, 0.3) is 0 Å². The molecule has 64 valence electrons. The van der Waals surface area contributed by atoms with Crippen LogP contribution in [-0.4, -0.2) is 11.7 Å². The molecule has 3 nitrogen and oxygen atoms in total. The van der Waals surface area contributed by atoms with Gasteiger partial charge in [0.05, 0.1) is 0 Å². The number of rotatable bonds is 2. The molecule has 0 spiro atoms. The first kappa shape index (κ1) is 12.5. The highest BCUT2D eigenvalue weighted by molar-refractivity contribution is 5.90. The summed E-state index contributed by atoms with van der Waals surface area (Å²) in [6, 6.07) is 0. The number of carbonyl (C=O) groups excluding carboxylic acids is 2. The molecule has 0 aromatic carbocycles. The van der Waals surface area contributed by atoms with Crippen LogP contribution in [0.1, 0.15) is 27.2 Å². The van der Waals surface area contributed by atoms with Crippen molar-refractivity contribution in [3.05, 3.63) is 12.2 Å². The van der Waals surface area contributed by atoms with E-state index in [0.29, 0.717) is 12.0 Å². The molecule has 0 heterocycles. The fourth-order valence-electron chi connectivity index (χ4n) is 0. The van der Waals surface area contributed by atoms with E-state index in [4.69, 9.17) is 5.73 Å². The molecule has 0 unspecified atom stereocenters. The Labute approximate surface area is 67.3 Å². The van der Waals surface area contributed by atoms with E-state index in [0.717, 1.165) is 0 Å². The first-order valence-corrected chi connectivity index (χ1v) is 3.36. The number of nitrogens with two attached hydrogens (primary N) is 1. The molecule has 0 saturated heterocycles. The Kier molecular flexibility index (Phi) is 7.98. The molecule has 0 saturated carbocycles. The number of hydrogen-bond acceptors (Lipinski definition) is 2. The molecule has 0 aliphatic heterocycles. The second kappa shape index (κ2) is 6.99. The standard InChI is InChI=1S/C4H7NO.C4H8O/c1-3(2)4(5)6;1-3-4(2)5/h1H2,2H3,(H2,5,6);3H2,1-2H3. The quantitative estimate of drug-likeness (QED) is 0.608. The van der Waals surface area contributed by atoms with Crippen LogP contribution in [0.5, 0.6) is 0 Å². The molecule has 0 aromatic rings. The van der Waals surface area contributed by atoms with Crippen LogP contribution in [-0.2, 0) is 9.59 Å². The van der Waals surface area contributed by atoms with Gasteiger partial charge in [0.2, 0.25) is 5.91 Å². The van der Waals surface area contributed by atoms with Crippen LogP contribution < -0.4 is 5.73 Å². The van der Waals surface area contributed by atoms with Crippen LogP contribution in [0.15, 0.2) is 12.2 Å². The maximum absolute atomic E-state index is 9.82. The van der Waals surface area contributed by atoms with Gasteiger partial charge in [0.1, 0.15) is 5.78 Å². The summed E-state index contributed by atoms with van der Waals surface area (Å²) in [6.07, 6.45) is 0.667. The minimum absolute atomic E-state index is 0.255. The molecule has 2 N–H and O–H groups in total. The van der Waals surface area contributed by atoms with Gasteiger partial charge in [-0.2, -0.15) is 0 Å². The van der Waals surface area contributed by atoms with Gasteiger partial charge in [0.15, 0.2) is 0 Å². The topological polar surface area (TPSA) is 60.2 Å². The molecule has 1 amide bonds. The van der Waals surface area contributed by atoms with Gasteiger partial charge >= 0.3 is 0 Å². The second-order valence-electron chi connectivity index (χ2n) is 2.20. The van der Waals surface area contributed by atoms with Gasteiger partial charge in [-0.1, -0.05) is 13.5 Å². The smallest absolute Gasteiger partial charge is 0.243 e. The van der Waals surface area contributed by atoms with E-state index in [1.165, 1.54) is 0 Å². The highest BCUT2D eigenvalue weighted by Crippen LogP contribution is 1.78. The summed E-state index contributed by atoms with van der Waals surface area (Å²) in [4.78, 5) is 19.6. The van der Waals surface area contributed by atoms with Crippen LogP contribution >= 0.6 is 0 Å². The second-order valence-corrected chi connectivity index (χ2v) is 2.20. The number of hydrogen-bond donors (Lipinski definition) is 1. The van der Waals surface area contributed by atoms with Crippen LogP contribution in [0, 0.1) is 0 Å². The fraction of sp³-hybridized carbons (Fsp3) is 0.500. The lowest BCUT2D eigenvalue weighted by molar-refractivity contribution is -0.116. The lowest BCUT2D eigenvalue weighted by Crippen LogP contribution is -2.10. The van der Waals surface area contributed by atoms with Crippen LogP contribution in [0.2, 0.25) is 0 Å². The third-order valence-corrected chi connectivity index (χ3v) is 0.919. The van der Waals surface area contributed by atoms with E-state index in [-0.39, 0.29) is 5.78 Å². The van der Waals surface area contributed by atoms with Crippen molar-refractivity contribution >= 4 is 11.7 Å². The van der Waals surface area contributed by atoms with Crippen LogP contribution in [0.4, 0.5) is 0 Å². The lowest BCUT2D eigenvalue weighted by Gasteiger charge is -1.81. The fourth-order valence-corrected chi connectivity index (χ4v) is 0. The SMILES string of the molecule is C=C(C)C(N)=O.CCC(C)=O. The number of primary amides is 1. The molecule has 0 radical (unpaired) electrons. The highest BCUT2D eigenvalue weighted by Gasteiger charge is 1.86. The summed E-state index contributed by atoms with van der Waals surface area (Å²) in [6.45, 7) is 8.28. The Morgan fingerprint density at radius 1 is 1.36 bits per heavy atom. The minimum Gasteiger partial charge on any atom is -0.366 e. The Morgan fingerprint density at radius 2 is 1.55 bits per heavy atom. The number of carbonyl (C=O) groups is 2. The van der Waals surface area contributed by atoms with Gasteiger partial charge in [-0.3, -0.25) is 4.79 Å². The Balaban J connectivity index is 0. The first-order chi connectivity index (χ1) is 4.91. The van der Waals surface area contributed by atoms with Gasteiger partial charge in [-0.05, 0) is 13.8 Å². The maximum Gasteiger partial charge on any atom is 0.243 e. The summed E-state index contributed by atoms with van der Waals surface area (Å²) in [5, 5.41) is 0. The van der Waals surface area contributed by atoms with Crippen molar-refractivity contribution in [2.45, 2.75) is 27.2 Å². The molecular weight excluding hydrogens is 142 g/mol. The van der Waals surface area contributed by atoms with E-state index in [9.17, 15) is 9.59 Å². The van der Waals surface area contributed by atoms with Gasteiger partial charge in [0, 0.05) is 12.0 Å². The molecule has 0 aliphatic rings. The molecule has 0 rings (SSSR count). The van der Waals surface area contributed by atoms with Crippen LogP contribution in [0.3, 0.4) is 0 Å². The van der Waals surface area contributed by atoms with E-state index in [1.54, 1.807) is 13.8 Å². The number of ketones is 1. The summed E-state index contributed by atoms with van der Waals surface area (Å²) < 4.78 is 0. The monoisotopic (exact) mass is 157 g/mol. The summed E-state index contributed by atoms with van der Waals surface area (Å²) in [5.74, 6) is -0.181. The van der Waals surface area contributed by atoms with Crippen molar-refractivity contribution in [3.63, 3.8) is 0 Å². The molecular formula is C8H15NO2. The zero-order chi connectivity index (χ0) is 9.44. The number of Topliss-reactive ketones (excluding diaryl/α,β-unsaturated/α-hetero) is 1. The molecule has 0 aromatic heterocycles. The molecule has 0 fully saturated rings. The molecule has 0 aliphatic carbocycles.